The number of nitrogens with zero attached hydrogens (tertiary/aromatic N) is 4. The number of pyridine rings is 1. The minimum absolute atomic E-state index is 0.220. The summed E-state index contributed by atoms with van der Waals surface area (Å²) in [6.07, 6.45) is 6.24. The molecule has 6 nitrogen and oxygen atoms in total. The van der Waals surface area contributed by atoms with Crippen molar-refractivity contribution in [3.05, 3.63) is 95.4 Å². The third kappa shape index (κ3) is 4.68. The van der Waals surface area contributed by atoms with E-state index >= 15 is 0 Å². The smallest absolute Gasteiger partial charge is 0.148 e. The molecule has 5 rings (SSSR count). The zero-order valence-electron chi connectivity index (χ0n) is 18.7. The number of hydrogen-bond donors (Lipinski definition) is 2. The number of hydrogen-bond acceptors (Lipinski definition) is 4. The molecule has 0 bridgehead atoms. The highest BCUT2D eigenvalue weighted by molar-refractivity contribution is 6.30. The van der Waals surface area contributed by atoms with Crippen molar-refractivity contribution >= 4 is 17.4 Å². The van der Waals surface area contributed by atoms with Gasteiger partial charge in [-0.25, -0.2) is 0 Å². The highest BCUT2D eigenvalue weighted by atomic mass is 35.5. The van der Waals surface area contributed by atoms with Crippen molar-refractivity contribution in [1.82, 2.24) is 20.1 Å². The summed E-state index contributed by atoms with van der Waals surface area (Å²) in [7, 11) is 0. The molecule has 1 aliphatic heterocycles. The van der Waals surface area contributed by atoms with Gasteiger partial charge in [-0.05, 0) is 48.2 Å². The fourth-order valence-electron chi connectivity index (χ4n) is 4.71. The molecule has 34 heavy (non-hydrogen) atoms. The molecule has 1 atom stereocenters. The van der Waals surface area contributed by atoms with E-state index in [0.29, 0.717) is 17.3 Å². The third-order valence-corrected chi connectivity index (χ3v) is 6.65. The molecular weight excluding hydrogens is 446 g/mol. The number of H-pyrrole nitrogens is 1. The number of aromatic amines is 1. The molecule has 2 aromatic carbocycles. The van der Waals surface area contributed by atoms with Gasteiger partial charge in [0.15, 0.2) is 0 Å². The van der Waals surface area contributed by atoms with Gasteiger partial charge in [0, 0.05) is 59.7 Å². The number of rotatable bonds is 5. The van der Waals surface area contributed by atoms with Crippen molar-refractivity contribution in [2.24, 2.45) is 5.16 Å². The first kappa shape index (κ1) is 22.2. The quantitative estimate of drug-likeness (QED) is 0.162. The van der Waals surface area contributed by atoms with Crippen LogP contribution in [0.25, 0.3) is 22.4 Å². The largest absolute Gasteiger partial charge is 0.409 e. The number of piperidine rings is 1. The van der Waals surface area contributed by atoms with Crippen LogP contribution in [0.5, 0.6) is 0 Å². The summed E-state index contributed by atoms with van der Waals surface area (Å²) in [4.78, 5) is 6.39. The predicted octanol–water partition coefficient (Wildman–Crippen LogP) is 6.00. The molecule has 0 aliphatic carbocycles. The Balaban J connectivity index is 1.47. The summed E-state index contributed by atoms with van der Waals surface area (Å²) in [5.41, 5.74) is 6.28. The molecule has 2 aromatic heterocycles. The Labute approximate surface area is 203 Å². The normalized spacial score (nSPS) is 16.6. The van der Waals surface area contributed by atoms with Crippen LogP contribution in [0.15, 0.2) is 84.3 Å². The molecule has 1 fully saturated rings. The van der Waals surface area contributed by atoms with E-state index in [2.05, 4.69) is 32.3 Å². The Kier molecular flexibility index (Phi) is 6.58. The van der Waals surface area contributed by atoms with Gasteiger partial charge in [0.05, 0.1) is 0 Å². The van der Waals surface area contributed by atoms with Crippen LogP contribution in [-0.4, -0.2) is 44.2 Å². The van der Waals surface area contributed by atoms with Gasteiger partial charge in [-0.1, -0.05) is 59.2 Å². The van der Waals surface area contributed by atoms with Crippen molar-refractivity contribution < 1.29 is 5.21 Å². The van der Waals surface area contributed by atoms with Crippen molar-refractivity contribution in [3.8, 4) is 22.4 Å². The van der Waals surface area contributed by atoms with Crippen LogP contribution in [0.4, 0.5) is 0 Å². The number of oxime groups is 1. The van der Waals surface area contributed by atoms with Crippen molar-refractivity contribution in [3.63, 3.8) is 0 Å². The monoisotopic (exact) mass is 471 g/mol. The lowest BCUT2D eigenvalue weighted by Crippen LogP contribution is -2.40. The van der Waals surface area contributed by atoms with Crippen LogP contribution >= 0.6 is 11.6 Å². The van der Waals surface area contributed by atoms with Crippen LogP contribution < -0.4 is 0 Å². The van der Waals surface area contributed by atoms with Crippen LogP contribution in [0, 0.1) is 0 Å². The van der Waals surface area contributed by atoms with Gasteiger partial charge in [0.25, 0.3) is 0 Å². The van der Waals surface area contributed by atoms with Crippen LogP contribution in [0.1, 0.15) is 30.0 Å². The summed E-state index contributed by atoms with van der Waals surface area (Å²) in [6.45, 7) is 1.62. The number of aromatic nitrogens is 3. The number of likely N-dealkylation sites (tertiary alicyclic amines) is 1. The number of benzene rings is 2. The Bertz CT molecular complexity index is 1260. The van der Waals surface area contributed by atoms with Crippen LogP contribution in [-0.2, 0) is 6.42 Å². The summed E-state index contributed by atoms with van der Waals surface area (Å²) < 4.78 is 0. The fourth-order valence-corrected chi connectivity index (χ4v) is 4.84. The molecule has 4 aromatic rings. The molecule has 172 valence electrons. The van der Waals surface area contributed by atoms with Crippen molar-refractivity contribution in [2.75, 3.05) is 13.1 Å². The SMILES string of the molecule is O/N=C(/Cc1ccccc1)N1CCCC(c2[nH]nc(-c3ccc(Cl)cc3)c2-c2ccncc2)C1. The Morgan fingerprint density at radius 1 is 1.03 bits per heavy atom. The maximum absolute atomic E-state index is 9.81. The van der Waals surface area contributed by atoms with Crippen LogP contribution in [0.2, 0.25) is 5.02 Å². The van der Waals surface area contributed by atoms with E-state index in [9.17, 15) is 5.21 Å². The first-order chi connectivity index (χ1) is 16.7. The second-order valence-corrected chi connectivity index (χ2v) is 9.00. The zero-order valence-corrected chi connectivity index (χ0v) is 19.5. The van der Waals surface area contributed by atoms with Gasteiger partial charge in [-0.2, -0.15) is 5.10 Å². The zero-order chi connectivity index (χ0) is 23.3. The maximum Gasteiger partial charge on any atom is 0.148 e. The molecule has 0 saturated carbocycles. The van der Waals surface area contributed by atoms with E-state index < -0.39 is 0 Å². The van der Waals surface area contributed by atoms with Crippen molar-refractivity contribution in [2.45, 2.75) is 25.2 Å². The third-order valence-electron chi connectivity index (χ3n) is 6.40. The highest BCUT2D eigenvalue weighted by Gasteiger charge is 2.29. The molecule has 0 amide bonds. The fraction of sp³-hybridized carbons (Fsp3) is 0.222. The molecule has 2 N–H and O–H groups in total. The lowest BCUT2D eigenvalue weighted by molar-refractivity contribution is 0.267. The van der Waals surface area contributed by atoms with Gasteiger partial charge >= 0.3 is 0 Å². The number of nitrogens with one attached hydrogen (secondary N) is 1. The van der Waals surface area contributed by atoms with Gasteiger partial charge in [0.1, 0.15) is 11.5 Å². The molecule has 1 saturated heterocycles. The Morgan fingerprint density at radius 2 is 1.79 bits per heavy atom. The maximum atomic E-state index is 9.81. The first-order valence-corrected chi connectivity index (χ1v) is 11.8. The average molecular weight is 472 g/mol. The lowest BCUT2D eigenvalue weighted by atomic mass is 9.88. The van der Waals surface area contributed by atoms with Gasteiger partial charge < -0.3 is 10.1 Å². The molecule has 3 heterocycles. The van der Waals surface area contributed by atoms with E-state index in [1.807, 2.05) is 54.6 Å². The number of amidine groups is 1. The molecular formula is C27H26ClN5O. The van der Waals surface area contributed by atoms with Crippen molar-refractivity contribution in [1.29, 1.82) is 0 Å². The Hall–Kier alpha value is -3.64. The standard InChI is InChI=1S/C27H26ClN5O/c28-23-10-8-21(9-11-23)26-25(20-12-14-29-15-13-20)27(31-30-26)22-7-4-16-33(18-22)24(32-34)17-19-5-2-1-3-6-19/h1-3,5-6,8-15,22,34H,4,7,16-18H2,(H,30,31)/b32-24-. The first-order valence-electron chi connectivity index (χ1n) is 11.5. The number of halogens is 1. The molecule has 0 radical (unpaired) electrons. The second-order valence-electron chi connectivity index (χ2n) is 8.57. The lowest BCUT2D eigenvalue weighted by Gasteiger charge is -2.34. The Morgan fingerprint density at radius 3 is 2.53 bits per heavy atom. The summed E-state index contributed by atoms with van der Waals surface area (Å²) in [5.74, 6) is 0.914. The average Bonchev–Trinajstić information content (AvgIpc) is 3.34. The summed E-state index contributed by atoms with van der Waals surface area (Å²) in [5, 5.41) is 22.3. The van der Waals surface area contributed by atoms with E-state index in [4.69, 9.17) is 16.7 Å². The topological polar surface area (TPSA) is 77.4 Å². The molecule has 7 heteroatoms. The molecule has 1 aliphatic rings. The molecule has 1 unspecified atom stereocenters. The summed E-state index contributed by atoms with van der Waals surface area (Å²) in [6, 6.07) is 21.9. The molecule has 0 spiro atoms. The van der Waals surface area contributed by atoms with E-state index in [-0.39, 0.29) is 5.92 Å². The predicted molar refractivity (Wildman–Crippen MR) is 135 cm³/mol. The van der Waals surface area contributed by atoms with Gasteiger partial charge in [-0.15, -0.1) is 0 Å². The highest BCUT2D eigenvalue weighted by Crippen LogP contribution is 2.39. The van der Waals surface area contributed by atoms with E-state index in [1.54, 1.807) is 12.4 Å². The minimum atomic E-state index is 0.220. The second kappa shape index (κ2) is 10.1. The summed E-state index contributed by atoms with van der Waals surface area (Å²) >= 11 is 6.13. The van der Waals surface area contributed by atoms with Gasteiger partial charge in [-0.3, -0.25) is 10.1 Å². The van der Waals surface area contributed by atoms with Gasteiger partial charge in [0.2, 0.25) is 0 Å². The van der Waals surface area contributed by atoms with E-state index in [0.717, 1.165) is 59.6 Å². The van der Waals surface area contributed by atoms with Crippen LogP contribution in [0.3, 0.4) is 0 Å². The van der Waals surface area contributed by atoms with E-state index in [1.165, 1.54) is 0 Å². The minimum Gasteiger partial charge on any atom is -0.409 e.